The summed E-state index contributed by atoms with van der Waals surface area (Å²) < 4.78 is 38.4. The highest BCUT2D eigenvalue weighted by molar-refractivity contribution is 6.31. The molecule has 0 atom stereocenters. The van der Waals surface area contributed by atoms with E-state index in [2.05, 4.69) is 0 Å². The smallest absolute Gasteiger partial charge is 0.258 e. The summed E-state index contributed by atoms with van der Waals surface area (Å²) in [5.41, 5.74) is -1.08. The van der Waals surface area contributed by atoms with Crippen molar-refractivity contribution in [3.8, 4) is 11.1 Å². The Balaban J connectivity index is 2.63. The van der Waals surface area contributed by atoms with Crippen molar-refractivity contribution in [1.82, 2.24) is 0 Å². The molecule has 0 aliphatic rings. The van der Waals surface area contributed by atoms with Crippen LogP contribution in [0.5, 0.6) is 0 Å². The SMILES string of the molecule is O=[N+]([O-])c1ccccc1-c1ccc(Cl)c(C(F)(F)F)c1. The van der Waals surface area contributed by atoms with Crippen molar-refractivity contribution in [1.29, 1.82) is 0 Å². The van der Waals surface area contributed by atoms with E-state index in [1.165, 1.54) is 30.3 Å². The Morgan fingerprint density at radius 2 is 1.75 bits per heavy atom. The number of benzene rings is 2. The van der Waals surface area contributed by atoms with E-state index in [1.54, 1.807) is 0 Å². The standard InChI is InChI=1S/C13H7ClF3NO2/c14-11-6-5-8(7-10(11)13(15,16)17)9-3-1-2-4-12(9)18(19)20/h1-7H. The number of hydrogen-bond donors (Lipinski definition) is 0. The van der Waals surface area contributed by atoms with Gasteiger partial charge in [-0.05, 0) is 23.8 Å². The normalized spacial score (nSPS) is 11.4. The highest BCUT2D eigenvalue weighted by Crippen LogP contribution is 2.38. The van der Waals surface area contributed by atoms with Gasteiger partial charge in [0.05, 0.1) is 21.1 Å². The Hall–Kier alpha value is -2.08. The molecule has 3 nitrogen and oxygen atoms in total. The minimum Gasteiger partial charge on any atom is -0.258 e. The van der Waals surface area contributed by atoms with Gasteiger partial charge in [-0.25, -0.2) is 0 Å². The second-order valence-electron chi connectivity index (χ2n) is 3.97. The zero-order valence-electron chi connectivity index (χ0n) is 9.82. The van der Waals surface area contributed by atoms with Gasteiger partial charge in [-0.1, -0.05) is 29.8 Å². The van der Waals surface area contributed by atoms with Crippen molar-refractivity contribution in [2.45, 2.75) is 6.18 Å². The number of nitro benzene ring substituents is 1. The second kappa shape index (κ2) is 5.13. The lowest BCUT2D eigenvalue weighted by molar-refractivity contribution is -0.384. The number of rotatable bonds is 2. The largest absolute Gasteiger partial charge is 0.417 e. The third-order valence-electron chi connectivity index (χ3n) is 2.68. The van der Waals surface area contributed by atoms with E-state index in [-0.39, 0.29) is 16.8 Å². The third kappa shape index (κ3) is 2.75. The predicted octanol–water partition coefficient (Wildman–Crippen LogP) is 4.93. The molecule has 0 unspecified atom stereocenters. The first kappa shape index (κ1) is 14.3. The molecule has 0 spiro atoms. The maximum Gasteiger partial charge on any atom is 0.417 e. The van der Waals surface area contributed by atoms with Crippen LogP contribution in [0.25, 0.3) is 11.1 Å². The molecule has 0 radical (unpaired) electrons. The minimum atomic E-state index is -4.61. The zero-order valence-corrected chi connectivity index (χ0v) is 10.6. The van der Waals surface area contributed by atoms with Crippen LogP contribution >= 0.6 is 11.6 Å². The van der Waals surface area contributed by atoms with Crippen molar-refractivity contribution in [2.75, 3.05) is 0 Å². The van der Waals surface area contributed by atoms with Gasteiger partial charge in [-0.15, -0.1) is 0 Å². The van der Waals surface area contributed by atoms with Crippen LogP contribution in [0.15, 0.2) is 42.5 Å². The fraction of sp³-hybridized carbons (Fsp3) is 0.0769. The van der Waals surface area contributed by atoms with Gasteiger partial charge in [-0.3, -0.25) is 10.1 Å². The molecule has 2 aromatic rings. The molecule has 20 heavy (non-hydrogen) atoms. The molecular weight excluding hydrogens is 295 g/mol. The lowest BCUT2D eigenvalue weighted by atomic mass is 10.0. The average molecular weight is 302 g/mol. The summed E-state index contributed by atoms with van der Waals surface area (Å²) in [6.07, 6.45) is -4.61. The summed E-state index contributed by atoms with van der Waals surface area (Å²) in [6, 6.07) is 8.80. The molecule has 0 saturated heterocycles. The summed E-state index contributed by atoms with van der Waals surface area (Å²) >= 11 is 5.52. The van der Waals surface area contributed by atoms with Gasteiger partial charge in [0.2, 0.25) is 0 Å². The molecule has 2 aromatic carbocycles. The predicted molar refractivity (Wildman–Crippen MR) is 68.5 cm³/mol. The Bertz CT molecular complexity index is 671. The summed E-state index contributed by atoms with van der Waals surface area (Å²) in [7, 11) is 0. The summed E-state index contributed by atoms with van der Waals surface area (Å²) in [5, 5.41) is 10.5. The van der Waals surface area contributed by atoms with Crippen LogP contribution in [0.4, 0.5) is 18.9 Å². The molecular formula is C13H7ClF3NO2. The first-order chi connectivity index (χ1) is 9.30. The average Bonchev–Trinajstić information content (AvgIpc) is 2.38. The number of nitro groups is 1. The van der Waals surface area contributed by atoms with Crippen LogP contribution in [-0.2, 0) is 6.18 Å². The van der Waals surface area contributed by atoms with E-state index in [9.17, 15) is 23.3 Å². The molecule has 0 fully saturated rings. The lowest BCUT2D eigenvalue weighted by Gasteiger charge is -2.11. The monoisotopic (exact) mass is 301 g/mol. The second-order valence-corrected chi connectivity index (χ2v) is 4.37. The van der Waals surface area contributed by atoms with Gasteiger partial charge in [0.1, 0.15) is 0 Å². The topological polar surface area (TPSA) is 43.1 Å². The maximum atomic E-state index is 12.8. The van der Waals surface area contributed by atoms with Gasteiger partial charge in [0.25, 0.3) is 5.69 Å². The molecule has 7 heteroatoms. The van der Waals surface area contributed by atoms with Crippen LogP contribution in [0.3, 0.4) is 0 Å². The third-order valence-corrected chi connectivity index (χ3v) is 3.01. The Kier molecular flexibility index (Phi) is 3.67. The number of hydrogen-bond acceptors (Lipinski definition) is 2. The van der Waals surface area contributed by atoms with Crippen molar-refractivity contribution < 1.29 is 18.1 Å². The first-order valence-electron chi connectivity index (χ1n) is 5.41. The molecule has 0 N–H and O–H groups in total. The van der Waals surface area contributed by atoms with Gasteiger partial charge in [-0.2, -0.15) is 13.2 Å². The maximum absolute atomic E-state index is 12.8. The summed E-state index contributed by atoms with van der Waals surface area (Å²) in [5.74, 6) is 0. The number of halogens is 4. The van der Waals surface area contributed by atoms with Crippen LogP contribution in [0.2, 0.25) is 5.02 Å². The molecule has 0 aromatic heterocycles. The molecule has 0 saturated carbocycles. The minimum absolute atomic E-state index is 0.0917. The quantitative estimate of drug-likeness (QED) is 0.583. The molecule has 0 bridgehead atoms. The van der Waals surface area contributed by atoms with Gasteiger partial charge < -0.3 is 0 Å². The molecule has 2 rings (SSSR count). The highest BCUT2D eigenvalue weighted by atomic mass is 35.5. The Morgan fingerprint density at radius 3 is 2.35 bits per heavy atom. The molecule has 0 amide bonds. The lowest BCUT2D eigenvalue weighted by Crippen LogP contribution is -2.06. The van der Waals surface area contributed by atoms with Crippen LogP contribution in [-0.4, -0.2) is 4.92 Å². The van der Waals surface area contributed by atoms with Crippen LogP contribution in [0, 0.1) is 10.1 Å². The van der Waals surface area contributed by atoms with E-state index in [1.807, 2.05) is 0 Å². The number of nitrogens with zero attached hydrogens (tertiary/aromatic N) is 1. The molecule has 0 aliphatic carbocycles. The molecule has 104 valence electrons. The highest BCUT2D eigenvalue weighted by Gasteiger charge is 2.33. The van der Waals surface area contributed by atoms with E-state index < -0.39 is 21.7 Å². The fourth-order valence-corrected chi connectivity index (χ4v) is 2.01. The van der Waals surface area contributed by atoms with Crippen molar-refractivity contribution >= 4 is 17.3 Å². The van der Waals surface area contributed by atoms with Crippen LogP contribution in [0.1, 0.15) is 5.56 Å². The number of alkyl halides is 3. The zero-order chi connectivity index (χ0) is 14.9. The van der Waals surface area contributed by atoms with Gasteiger partial charge >= 0.3 is 6.18 Å². The number of para-hydroxylation sites is 1. The summed E-state index contributed by atoms with van der Waals surface area (Å²) in [6.45, 7) is 0. The van der Waals surface area contributed by atoms with Gasteiger partial charge in [0.15, 0.2) is 0 Å². The van der Waals surface area contributed by atoms with Crippen molar-refractivity contribution in [3.05, 3.63) is 63.2 Å². The van der Waals surface area contributed by atoms with E-state index >= 15 is 0 Å². The Morgan fingerprint density at radius 1 is 1.10 bits per heavy atom. The van der Waals surface area contributed by atoms with Gasteiger partial charge in [0, 0.05) is 6.07 Å². The van der Waals surface area contributed by atoms with E-state index in [4.69, 9.17) is 11.6 Å². The fourth-order valence-electron chi connectivity index (χ4n) is 1.79. The van der Waals surface area contributed by atoms with E-state index in [0.29, 0.717) is 0 Å². The molecule has 0 heterocycles. The molecule has 0 aliphatic heterocycles. The first-order valence-corrected chi connectivity index (χ1v) is 5.79. The summed E-state index contributed by atoms with van der Waals surface area (Å²) in [4.78, 5) is 10.3. The van der Waals surface area contributed by atoms with Crippen molar-refractivity contribution in [2.24, 2.45) is 0 Å². The van der Waals surface area contributed by atoms with Crippen LogP contribution < -0.4 is 0 Å². The van der Waals surface area contributed by atoms with Crippen molar-refractivity contribution in [3.63, 3.8) is 0 Å². The Labute approximate surface area is 116 Å². The van der Waals surface area contributed by atoms with E-state index in [0.717, 1.165) is 12.1 Å².